The maximum atomic E-state index is 5.26. The van der Waals surface area contributed by atoms with Crippen LogP contribution in [-0.4, -0.2) is 22.1 Å². The van der Waals surface area contributed by atoms with Gasteiger partial charge >= 0.3 is 0 Å². The molecule has 0 aliphatic carbocycles. The number of pyridine rings is 1. The zero-order valence-electron chi connectivity index (χ0n) is 10.8. The Balaban J connectivity index is 1.99. The van der Waals surface area contributed by atoms with Crippen LogP contribution in [0, 0.1) is 0 Å². The summed E-state index contributed by atoms with van der Waals surface area (Å²) in [5, 5.41) is 1.20. The van der Waals surface area contributed by atoms with Gasteiger partial charge in [-0.05, 0) is 23.1 Å². The Kier molecular flexibility index (Phi) is 2.47. The monoisotopic (exact) mass is 281 g/mol. The lowest BCUT2D eigenvalue weighted by Crippen LogP contribution is -1.90. The zero-order chi connectivity index (χ0) is 13.5. The van der Waals surface area contributed by atoms with Crippen molar-refractivity contribution in [1.82, 2.24) is 15.0 Å². The normalized spacial score (nSPS) is 11.2. The van der Waals surface area contributed by atoms with Crippen molar-refractivity contribution < 1.29 is 4.74 Å². The van der Waals surface area contributed by atoms with Crippen LogP contribution < -0.4 is 4.74 Å². The molecule has 0 aliphatic heterocycles. The number of hydrogen-bond acceptors (Lipinski definition) is 4. The number of benzene rings is 1. The first-order valence-corrected chi connectivity index (χ1v) is 7.08. The fourth-order valence-electron chi connectivity index (χ4n) is 2.40. The van der Waals surface area contributed by atoms with Crippen molar-refractivity contribution >= 4 is 32.5 Å². The molecule has 0 saturated carbocycles. The fraction of sp³-hybridized carbons (Fsp3) is 0.0667. The summed E-state index contributed by atoms with van der Waals surface area (Å²) in [6, 6.07) is 8.42. The van der Waals surface area contributed by atoms with Gasteiger partial charge in [0.05, 0.1) is 17.3 Å². The molecule has 1 N–H and O–H groups in total. The zero-order valence-corrected chi connectivity index (χ0v) is 11.6. The molecule has 4 nitrogen and oxygen atoms in total. The summed E-state index contributed by atoms with van der Waals surface area (Å²) in [6.07, 6.45) is 3.80. The predicted octanol–water partition coefficient (Wildman–Crippen LogP) is 3.85. The standard InChI is InChI=1S/C15H11N3OS/c1-19-15-13-14(20-8-18-13)11(7-17-15)10-3-2-9-4-5-16-12(9)6-10/h2-8,16H,1H3. The quantitative estimate of drug-likeness (QED) is 0.607. The number of H-pyrrole nitrogens is 1. The molecule has 0 spiro atoms. The first kappa shape index (κ1) is 11.4. The molecular formula is C15H11N3OS. The molecule has 0 aliphatic rings. The van der Waals surface area contributed by atoms with Crippen molar-refractivity contribution in [3.63, 3.8) is 0 Å². The summed E-state index contributed by atoms with van der Waals surface area (Å²) in [6.45, 7) is 0. The number of ether oxygens (including phenoxy) is 1. The van der Waals surface area contributed by atoms with Crippen molar-refractivity contribution in [3.8, 4) is 17.0 Å². The molecule has 0 atom stereocenters. The second kappa shape index (κ2) is 4.31. The summed E-state index contributed by atoms with van der Waals surface area (Å²) < 4.78 is 6.36. The highest BCUT2D eigenvalue weighted by Crippen LogP contribution is 2.35. The molecule has 0 radical (unpaired) electrons. The van der Waals surface area contributed by atoms with Gasteiger partial charge in [0.2, 0.25) is 5.88 Å². The Morgan fingerprint density at radius 3 is 3.05 bits per heavy atom. The van der Waals surface area contributed by atoms with Gasteiger partial charge in [0.15, 0.2) is 0 Å². The number of nitrogens with zero attached hydrogens (tertiary/aromatic N) is 2. The molecule has 0 saturated heterocycles. The van der Waals surface area contributed by atoms with Gasteiger partial charge in [0, 0.05) is 23.5 Å². The van der Waals surface area contributed by atoms with Crippen LogP contribution in [0.1, 0.15) is 0 Å². The molecule has 3 heterocycles. The highest BCUT2D eigenvalue weighted by Gasteiger charge is 2.12. The van der Waals surface area contributed by atoms with E-state index >= 15 is 0 Å². The van der Waals surface area contributed by atoms with E-state index in [0.717, 1.165) is 26.9 Å². The first-order chi connectivity index (χ1) is 9.86. The van der Waals surface area contributed by atoms with Crippen LogP contribution >= 0.6 is 11.3 Å². The van der Waals surface area contributed by atoms with E-state index < -0.39 is 0 Å². The van der Waals surface area contributed by atoms with Crippen LogP contribution in [0.5, 0.6) is 5.88 Å². The smallest absolute Gasteiger partial charge is 0.241 e. The third-order valence-corrected chi connectivity index (χ3v) is 4.24. The van der Waals surface area contributed by atoms with Crippen LogP contribution in [-0.2, 0) is 0 Å². The molecule has 0 bridgehead atoms. The second-order valence-electron chi connectivity index (χ2n) is 4.49. The molecule has 0 amide bonds. The summed E-state index contributed by atoms with van der Waals surface area (Å²) >= 11 is 1.60. The lowest BCUT2D eigenvalue weighted by Gasteiger charge is -2.05. The molecular weight excluding hydrogens is 270 g/mol. The van der Waals surface area contributed by atoms with Gasteiger partial charge in [-0.2, -0.15) is 0 Å². The molecule has 0 fully saturated rings. The Labute approximate surface area is 119 Å². The lowest BCUT2D eigenvalue weighted by atomic mass is 10.1. The third kappa shape index (κ3) is 1.60. The molecule has 20 heavy (non-hydrogen) atoms. The van der Waals surface area contributed by atoms with Gasteiger partial charge in [-0.3, -0.25) is 0 Å². The van der Waals surface area contributed by atoms with Crippen molar-refractivity contribution in [3.05, 3.63) is 42.2 Å². The van der Waals surface area contributed by atoms with E-state index in [-0.39, 0.29) is 0 Å². The molecule has 4 aromatic rings. The van der Waals surface area contributed by atoms with Crippen molar-refractivity contribution in [2.45, 2.75) is 0 Å². The Bertz CT molecular complexity index is 910. The number of aromatic nitrogens is 3. The Morgan fingerprint density at radius 2 is 2.15 bits per heavy atom. The number of hydrogen-bond donors (Lipinski definition) is 1. The van der Waals surface area contributed by atoms with Gasteiger partial charge in [0.1, 0.15) is 5.52 Å². The average Bonchev–Trinajstić information content (AvgIpc) is 3.14. The van der Waals surface area contributed by atoms with Crippen LogP contribution in [0.2, 0.25) is 0 Å². The SMILES string of the molecule is COc1ncc(-c2ccc3cc[nH]c3c2)c2scnc12. The van der Waals surface area contributed by atoms with Crippen LogP contribution in [0.4, 0.5) is 0 Å². The third-order valence-electron chi connectivity index (χ3n) is 3.38. The van der Waals surface area contributed by atoms with Gasteiger partial charge in [-0.25, -0.2) is 9.97 Å². The number of methoxy groups -OCH3 is 1. The lowest BCUT2D eigenvalue weighted by molar-refractivity contribution is 0.402. The second-order valence-corrected chi connectivity index (χ2v) is 5.35. The maximum Gasteiger partial charge on any atom is 0.241 e. The number of fused-ring (bicyclic) bond motifs is 2. The fourth-order valence-corrected chi connectivity index (χ4v) is 3.22. The molecule has 0 unspecified atom stereocenters. The van der Waals surface area contributed by atoms with Gasteiger partial charge in [-0.15, -0.1) is 11.3 Å². The van der Waals surface area contributed by atoms with E-state index in [9.17, 15) is 0 Å². The van der Waals surface area contributed by atoms with E-state index in [2.05, 4.69) is 39.2 Å². The molecule has 98 valence electrons. The van der Waals surface area contributed by atoms with Gasteiger partial charge < -0.3 is 9.72 Å². The minimum atomic E-state index is 0.575. The number of nitrogens with one attached hydrogen (secondary N) is 1. The minimum absolute atomic E-state index is 0.575. The van der Waals surface area contributed by atoms with Crippen molar-refractivity contribution in [1.29, 1.82) is 0 Å². The molecule has 5 heteroatoms. The average molecular weight is 281 g/mol. The minimum Gasteiger partial charge on any atom is -0.479 e. The first-order valence-electron chi connectivity index (χ1n) is 6.20. The van der Waals surface area contributed by atoms with Gasteiger partial charge in [0.25, 0.3) is 0 Å². The van der Waals surface area contributed by atoms with Crippen LogP contribution in [0.3, 0.4) is 0 Å². The van der Waals surface area contributed by atoms with E-state index in [1.807, 2.05) is 17.9 Å². The largest absolute Gasteiger partial charge is 0.479 e. The topological polar surface area (TPSA) is 50.8 Å². The molecule has 1 aromatic carbocycles. The highest BCUT2D eigenvalue weighted by atomic mass is 32.1. The van der Waals surface area contributed by atoms with Crippen LogP contribution in [0.15, 0.2) is 42.2 Å². The number of aromatic amines is 1. The van der Waals surface area contributed by atoms with E-state index in [0.29, 0.717) is 5.88 Å². The Hall–Kier alpha value is -2.40. The van der Waals surface area contributed by atoms with Crippen molar-refractivity contribution in [2.75, 3.05) is 7.11 Å². The number of thiazole rings is 1. The maximum absolute atomic E-state index is 5.26. The predicted molar refractivity (Wildman–Crippen MR) is 81.3 cm³/mol. The summed E-state index contributed by atoms with van der Waals surface area (Å²) in [7, 11) is 1.62. The van der Waals surface area contributed by atoms with E-state index in [4.69, 9.17) is 4.74 Å². The molecule has 4 rings (SSSR count). The van der Waals surface area contributed by atoms with Gasteiger partial charge in [-0.1, -0.05) is 12.1 Å². The molecule has 3 aromatic heterocycles. The highest BCUT2D eigenvalue weighted by molar-refractivity contribution is 7.17. The van der Waals surface area contributed by atoms with E-state index in [1.54, 1.807) is 18.4 Å². The summed E-state index contributed by atoms with van der Waals surface area (Å²) in [5.74, 6) is 0.575. The van der Waals surface area contributed by atoms with Crippen molar-refractivity contribution in [2.24, 2.45) is 0 Å². The van der Waals surface area contributed by atoms with Crippen LogP contribution in [0.25, 0.3) is 32.2 Å². The van der Waals surface area contributed by atoms with E-state index in [1.165, 1.54) is 5.39 Å². The number of rotatable bonds is 2. The summed E-state index contributed by atoms with van der Waals surface area (Å²) in [4.78, 5) is 11.9. The summed E-state index contributed by atoms with van der Waals surface area (Å²) in [5.41, 5.74) is 5.98. The Morgan fingerprint density at radius 1 is 1.20 bits per heavy atom.